The molecule has 2 heterocycles. The maximum absolute atomic E-state index is 11.6. The first-order valence-corrected chi connectivity index (χ1v) is 6.91. The molecule has 1 aromatic rings. The number of nitrogens with two attached hydrogens (primary N) is 1. The van der Waals surface area contributed by atoms with Gasteiger partial charge in [-0.1, -0.05) is 0 Å². The van der Waals surface area contributed by atoms with Crippen molar-refractivity contribution >= 4 is 29.9 Å². The number of rotatable bonds is 5. The van der Waals surface area contributed by atoms with Crippen molar-refractivity contribution in [1.29, 1.82) is 0 Å². The van der Waals surface area contributed by atoms with E-state index in [0.29, 0.717) is 6.54 Å². The van der Waals surface area contributed by atoms with Gasteiger partial charge in [0.15, 0.2) is 0 Å². The van der Waals surface area contributed by atoms with Gasteiger partial charge in [-0.25, -0.2) is 9.97 Å². The van der Waals surface area contributed by atoms with Crippen LogP contribution in [0.1, 0.15) is 19.8 Å². The monoisotopic (exact) mass is 314 g/mol. The first-order valence-electron chi connectivity index (χ1n) is 6.91. The minimum Gasteiger partial charge on any atom is -0.373 e. The normalized spacial score (nSPS) is 18.8. The van der Waals surface area contributed by atoms with E-state index in [1.807, 2.05) is 13.1 Å². The zero-order chi connectivity index (χ0) is 14.5. The molecule has 4 N–H and O–H groups in total. The van der Waals surface area contributed by atoms with E-state index >= 15 is 0 Å². The molecule has 1 aliphatic rings. The van der Waals surface area contributed by atoms with Gasteiger partial charge in [0.05, 0.1) is 6.04 Å². The summed E-state index contributed by atoms with van der Waals surface area (Å²) in [6.45, 7) is 3.23. The third kappa shape index (κ3) is 4.44. The van der Waals surface area contributed by atoms with E-state index in [9.17, 15) is 4.79 Å². The van der Waals surface area contributed by atoms with Crippen LogP contribution < -0.4 is 21.3 Å². The lowest BCUT2D eigenvalue weighted by molar-refractivity contribution is -0.122. The molecule has 2 unspecified atom stereocenters. The summed E-state index contributed by atoms with van der Waals surface area (Å²) in [5, 5.41) is 5.89. The average molecular weight is 315 g/mol. The van der Waals surface area contributed by atoms with Gasteiger partial charge in [-0.15, -0.1) is 12.4 Å². The van der Waals surface area contributed by atoms with E-state index in [0.717, 1.165) is 31.0 Å². The van der Waals surface area contributed by atoms with E-state index in [1.165, 1.54) is 0 Å². The molecule has 0 radical (unpaired) electrons. The Balaban J connectivity index is 0.00000220. The molecule has 118 valence electrons. The van der Waals surface area contributed by atoms with Gasteiger partial charge in [0, 0.05) is 32.2 Å². The Labute approximate surface area is 131 Å². The van der Waals surface area contributed by atoms with E-state index in [2.05, 4.69) is 25.5 Å². The Bertz CT molecular complexity index is 470. The van der Waals surface area contributed by atoms with Crippen molar-refractivity contribution in [3.63, 3.8) is 0 Å². The minimum absolute atomic E-state index is 0. The quantitative estimate of drug-likeness (QED) is 0.727. The lowest BCUT2D eigenvalue weighted by Crippen LogP contribution is -2.45. The highest BCUT2D eigenvalue weighted by molar-refractivity contribution is 5.85. The summed E-state index contributed by atoms with van der Waals surface area (Å²) in [6, 6.07) is 1.71. The molecule has 2 rings (SSSR count). The second-order valence-electron chi connectivity index (χ2n) is 5.03. The standard InChI is InChI=1S/C13H22N6O.ClH/c1-9(14)13(20)16-7-10-4-3-5-19(10)12-6-11(15-2)17-8-18-12;/h6,8-10H,3-5,7,14H2,1-2H3,(H,16,20)(H,15,17,18);1H. The number of anilines is 2. The van der Waals surface area contributed by atoms with Crippen LogP contribution in [0.5, 0.6) is 0 Å². The van der Waals surface area contributed by atoms with Gasteiger partial charge in [-0.3, -0.25) is 4.79 Å². The zero-order valence-electron chi connectivity index (χ0n) is 12.4. The van der Waals surface area contributed by atoms with Crippen LogP contribution in [-0.4, -0.2) is 48.1 Å². The van der Waals surface area contributed by atoms with Crippen molar-refractivity contribution in [3.05, 3.63) is 12.4 Å². The Hall–Kier alpha value is -1.60. The Morgan fingerprint density at radius 2 is 2.33 bits per heavy atom. The molecule has 1 saturated heterocycles. The van der Waals surface area contributed by atoms with E-state index in [4.69, 9.17) is 5.73 Å². The molecule has 1 aromatic heterocycles. The van der Waals surface area contributed by atoms with Crippen LogP contribution in [-0.2, 0) is 4.79 Å². The summed E-state index contributed by atoms with van der Waals surface area (Å²) in [4.78, 5) is 22.2. The van der Waals surface area contributed by atoms with Gasteiger partial charge in [0.25, 0.3) is 0 Å². The molecule has 2 atom stereocenters. The molecule has 1 amide bonds. The summed E-state index contributed by atoms with van der Waals surface area (Å²) in [5.74, 6) is 1.57. The molecular formula is C13H23ClN6O. The highest BCUT2D eigenvalue weighted by atomic mass is 35.5. The fraction of sp³-hybridized carbons (Fsp3) is 0.615. The van der Waals surface area contributed by atoms with Crippen LogP contribution in [0, 0.1) is 0 Å². The molecule has 0 saturated carbocycles. The summed E-state index contributed by atoms with van der Waals surface area (Å²) < 4.78 is 0. The fourth-order valence-corrected chi connectivity index (χ4v) is 2.37. The predicted octanol–water partition coefficient (Wildman–Crippen LogP) is 0.372. The van der Waals surface area contributed by atoms with Crippen LogP contribution >= 0.6 is 12.4 Å². The van der Waals surface area contributed by atoms with Gasteiger partial charge in [-0.05, 0) is 19.8 Å². The maximum Gasteiger partial charge on any atom is 0.236 e. The van der Waals surface area contributed by atoms with Crippen LogP contribution in [0.2, 0.25) is 0 Å². The lowest BCUT2D eigenvalue weighted by Gasteiger charge is -2.26. The first kappa shape index (κ1) is 17.5. The highest BCUT2D eigenvalue weighted by Crippen LogP contribution is 2.24. The maximum atomic E-state index is 11.6. The number of carbonyl (C=O) groups excluding carboxylic acids is 1. The number of nitrogens with zero attached hydrogens (tertiary/aromatic N) is 3. The lowest BCUT2D eigenvalue weighted by atomic mass is 10.2. The Kier molecular flexibility index (Phi) is 6.64. The number of nitrogens with one attached hydrogen (secondary N) is 2. The van der Waals surface area contributed by atoms with Gasteiger partial charge in [-0.2, -0.15) is 0 Å². The molecule has 7 nitrogen and oxygen atoms in total. The summed E-state index contributed by atoms with van der Waals surface area (Å²) in [6.07, 6.45) is 3.69. The number of hydrogen-bond acceptors (Lipinski definition) is 6. The van der Waals surface area contributed by atoms with Crippen LogP contribution in [0.3, 0.4) is 0 Å². The third-order valence-electron chi connectivity index (χ3n) is 3.51. The molecule has 1 aliphatic heterocycles. The number of amides is 1. The summed E-state index contributed by atoms with van der Waals surface area (Å²) in [7, 11) is 1.83. The fourth-order valence-electron chi connectivity index (χ4n) is 2.37. The van der Waals surface area contributed by atoms with Crippen molar-refractivity contribution in [2.75, 3.05) is 30.4 Å². The van der Waals surface area contributed by atoms with E-state index in [1.54, 1.807) is 13.3 Å². The molecule has 0 aliphatic carbocycles. The number of aromatic nitrogens is 2. The predicted molar refractivity (Wildman–Crippen MR) is 85.9 cm³/mol. The Morgan fingerprint density at radius 3 is 3.00 bits per heavy atom. The minimum atomic E-state index is -0.472. The molecule has 21 heavy (non-hydrogen) atoms. The molecule has 8 heteroatoms. The van der Waals surface area contributed by atoms with Crippen LogP contribution in [0.4, 0.5) is 11.6 Å². The molecule has 1 fully saturated rings. The van der Waals surface area contributed by atoms with Crippen LogP contribution in [0.25, 0.3) is 0 Å². The molecule has 0 bridgehead atoms. The van der Waals surface area contributed by atoms with Crippen molar-refractivity contribution in [2.24, 2.45) is 5.73 Å². The van der Waals surface area contributed by atoms with Crippen molar-refractivity contribution in [1.82, 2.24) is 15.3 Å². The van der Waals surface area contributed by atoms with Gasteiger partial charge in [0.2, 0.25) is 5.91 Å². The van der Waals surface area contributed by atoms with Crippen molar-refractivity contribution in [2.45, 2.75) is 31.8 Å². The highest BCUT2D eigenvalue weighted by Gasteiger charge is 2.26. The number of carbonyl (C=O) groups is 1. The summed E-state index contributed by atoms with van der Waals surface area (Å²) in [5.41, 5.74) is 5.55. The number of halogens is 1. The van der Waals surface area contributed by atoms with E-state index < -0.39 is 6.04 Å². The van der Waals surface area contributed by atoms with Crippen LogP contribution in [0.15, 0.2) is 12.4 Å². The molecule has 0 spiro atoms. The second kappa shape index (κ2) is 7.99. The van der Waals surface area contributed by atoms with E-state index in [-0.39, 0.29) is 24.4 Å². The number of hydrogen-bond donors (Lipinski definition) is 3. The van der Waals surface area contributed by atoms with Gasteiger partial charge in [0.1, 0.15) is 18.0 Å². The third-order valence-corrected chi connectivity index (χ3v) is 3.51. The van der Waals surface area contributed by atoms with Gasteiger partial charge < -0.3 is 21.3 Å². The van der Waals surface area contributed by atoms with Crippen molar-refractivity contribution < 1.29 is 4.79 Å². The Morgan fingerprint density at radius 1 is 1.57 bits per heavy atom. The smallest absolute Gasteiger partial charge is 0.236 e. The average Bonchev–Trinajstić information content (AvgIpc) is 2.93. The topological polar surface area (TPSA) is 96.2 Å². The van der Waals surface area contributed by atoms with Crippen molar-refractivity contribution in [3.8, 4) is 0 Å². The second-order valence-corrected chi connectivity index (χ2v) is 5.03. The molecule has 0 aromatic carbocycles. The largest absolute Gasteiger partial charge is 0.373 e. The molecular weight excluding hydrogens is 292 g/mol. The zero-order valence-corrected chi connectivity index (χ0v) is 13.2. The first-order chi connectivity index (χ1) is 9.61. The summed E-state index contributed by atoms with van der Waals surface area (Å²) >= 11 is 0. The van der Waals surface area contributed by atoms with Gasteiger partial charge >= 0.3 is 0 Å². The SMILES string of the molecule is CNc1cc(N2CCCC2CNC(=O)C(C)N)ncn1.Cl.